The summed E-state index contributed by atoms with van der Waals surface area (Å²) in [5.41, 5.74) is 2.43. The van der Waals surface area contributed by atoms with Crippen molar-refractivity contribution in [2.75, 3.05) is 0 Å². The van der Waals surface area contributed by atoms with E-state index >= 15 is 0 Å². The van der Waals surface area contributed by atoms with Gasteiger partial charge in [0.25, 0.3) is 0 Å². The number of Topliss-reactive ketones (excluding diaryl/α,β-unsaturated/α-hetero) is 1. The van der Waals surface area contributed by atoms with E-state index in [2.05, 4.69) is 9.98 Å². The van der Waals surface area contributed by atoms with Crippen molar-refractivity contribution >= 4 is 12.0 Å². The minimum absolute atomic E-state index is 0. The Balaban J connectivity index is -0.00000102. The van der Waals surface area contributed by atoms with Crippen molar-refractivity contribution < 1.29 is 9.53 Å². The minimum atomic E-state index is -0.0729. The molecule has 0 saturated heterocycles. The molecule has 1 aliphatic heterocycles. The molecule has 0 fully saturated rings. The molecule has 0 saturated carbocycles. The number of ketones is 1. The van der Waals surface area contributed by atoms with Crippen LogP contribution in [0, 0.1) is 26.8 Å². The summed E-state index contributed by atoms with van der Waals surface area (Å²) < 4.78 is 5.82. The second-order valence-corrected chi connectivity index (χ2v) is 6.04. The summed E-state index contributed by atoms with van der Waals surface area (Å²) in [6.45, 7) is 13.7. The van der Waals surface area contributed by atoms with Gasteiger partial charge >= 0.3 is 0 Å². The van der Waals surface area contributed by atoms with E-state index in [-0.39, 0.29) is 32.7 Å². The molecule has 0 bridgehead atoms. The molecular weight excluding hydrogens is 579 g/mol. The maximum Gasteiger partial charge on any atom is 0.169 e. The molecule has 1 aromatic rings. The fourth-order valence-corrected chi connectivity index (χ4v) is 2.36. The molecule has 0 aliphatic carbocycles. The number of rotatable bonds is 4. The first-order valence-electron chi connectivity index (χ1n) is 8.49. The van der Waals surface area contributed by atoms with E-state index in [0.717, 1.165) is 30.1 Å². The van der Waals surface area contributed by atoms with Gasteiger partial charge in [-0.15, -0.1) is 12.3 Å². The number of nitrogens with zero attached hydrogens (tertiary/aromatic N) is 2. The summed E-state index contributed by atoms with van der Waals surface area (Å²) >= 11 is 0. The Morgan fingerprint density at radius 2 is 1.77 bits per heavy atom. The summed E-state index contributed by atoms with van der Waals surface area (Å²) in [5, 5.41) is 0. The Morgan fingerprint density at radius 3 is 2.27 bits per heavy atom. The van der Waals surface area contributed by atoms with Gasteiger partial charge in [0.05, 0.1) is 17.9 Å². The third kappa shape index (κ3) is 6.58. The number of hydrogen-bond acceptors (Lipinski definition) is 4. The molecule has 0 amide bonds. The van der Waals surface area contributed by atoms with Gasteiger partial charge in [0.1, 0.15) is 5.75 Å². The van der Waals surface area contributed by atoms with Crippen molar-refractivity contribution in [1.82, 2.24) is 4.98 Å². The van der Waals surface area contributed by atoms with Crippen LogP contribution in [0.5, 0.6) is 5.75 Å². The molecule has 1 aromatic heterocycles. The van der Waals surface area contributed by atoms with Gasteiger partial charge in [-0.3, -0.25) is 9.78 Å². The maximum absolute atomic E-state index is 12.7. The number of fused-ring (bicyclic) bond motifs is 1. The Kier molecular flexibility index (Phi) is 13.5. The number of carbonyl (C=O) groups is 1. The van der Waals surface area contributed by atoms with Crippen LogP contribution in [0.3, 0.4) is 0 Å². The van der Waals surface area contributed by atoms with Crippen LogP contribution in [0.15, 0.2) is 11.2 Å². The number of ether oxygens (including phenoxy) is 1. The Bertz CT molecular complexity index is 569. The topological polar surface area (TPSA) is 51.5 Å². The third-order valence-corrected chi connectivity index (χ3v) is 3.46. The number of hydrogen-bond donors (Lipinski definition) is 0. The van der Waals surface area contributed by atoms with Gasteiger partial charge in [-0.2, -0.15) is 0 Å². The fraction of sp³-hybridized carbons (Fsp3) is 0.524. The molecule has 0 unspecified atom stereocenters. The number of aliphatic imine (C=N–C) groups is 1. The van der Waals surface area contributed by atoms with Gasteiger partial charge in [0, 0.05) is 11.6 Å². The summed E-state index contributed by atoms with van der Waals surface area (Å²) in [7, 11) is 0. The number of pyridine rings is 1. The van der Waals surface area contributed by atoms with Crippen molar-refractivity contribution in [3.8, 4) is 5.75 Å². The fourth-order valence-electron chi connectivity index (χ4n) is 2.36. The second-order valence-electron chi connectivity index (χ2n) is 6.04. The van der Waals surface area contributed by atoms with Crippen molar-refractivity contribution in [3.63, 3.8) is 0 Å². The molecule has 5 heteroatoms. The molecule has 4 nitrogen and oxygen atoms in total. The zero-order valence-electron chi connectivity index (χ0n) is 18.1. The summed E-state index contributed by atoms with van der Waals surface area (Å²) in [6, 6.07) is 1.06. The Morgan fingerprint density at radius 1 is 1.19 bits per heavy atom. The first kappa shape index (κ1) is 28.0. The van der Waals surface area contributed by atoms with Crippen LogP contribution < -0.4 is 4.74 Å². The SMILES string of the molecule is CC.C[C-]1CCc2c(ncc(OC(C)C)c2C(=O)C(C)C)C=N1.[CH3-].[CH3-].[Rf]. The van der Waals surface area contributed by atoms with Crippen LogP contribution in [0.4, 0.5) is 0 Å². The molecule has 0 radical (unpaired) electrons. The predicted molar refractivity (Wildman–Crippen MR) is 108 cm³/mol. The predicted octanol–water partition coefficient (Wildman–Crippen LogP) is 5.55. The van der Waals surface area contributed by atoms with Crippen molar-refractivity contribution in [3.05, 3.63) is 43.9 Å². The molecule has 0 atom stereocenters. The smallest absolute Gasteiger partial charge is 0.169 e. The summed E-state index contributed by atoms with van der Waals surface area (Å²) in [5.74, 6) is 0.629. The molecule has 0 spiro atoms. The quantitative estimate of drug-likeness (QED) is 0.330. The van der Waals surface area contributed by atoms with Gasteiger partial charge in [0.15, 0.2) is 5.78 Å². The van der Waals surface area contributed by atoms with E-state index in [9.17, 15) is 4.79 Å². The molecule has 2 rings (SSSR count). The van der Waals surface area contributed by atoms with E-state index in [1.165, 1.54) is 0 Å². The molecule has 2 heterocycles. The zero-order chi connectivity index (χ0) is 17.6. The number of aromatic nitrogens is 1. The van der Waals surface area contributed by atoms with Crippen LogP contribution in [-0.4, -0.2) is 23.1 Å². The van der Waals surface area contributed by atoms with Crippen LogP contribution in [0.1, 0.15) is 76.5 Å². The average molecular weight is 615 g/mol. The van der Waals surface area contributed by atoms with Crippen molar-refractivity contribution in [2.45, 2.75) is 67.4 Å². The zero-order valence-corrected chi connectivity index (χ0v) is 24.5. The molecular formula is C21H35N2O2Rf-3. The Hall–Kier alpha value is -2.84. The van der Waals surface area contributed by atoms with Crippen molar-refractivity contribution in [2.24, 2.45) is 10.9 Å². The van der Waals surface area contributed by atoms with Gasteiger partial charge in [-0.05, 0) is 25.8 Å². The van der Waals surface area contributed by atoms with Crippen LogP contribution in [0.25, 0.3) is 0 Å². The average Bonchev–Trinajstić information content (AvgIpc) is 2.70. The molecule has 0 N–H and O–H groups in total. The van der Waals surface area contributed by atoms with Gasteiger partial charge < -0.3 is 24.6 Å². The standard InChI is InChI=1S/C17H23N2O2.C2H6.2CH3.Rf/c1-10(2)17(20)16-13-7-6-12(5)18-8-14(13)19-9-15(16)21-11(3)4;1-2;;;/h8-11H,6-7H2,1-5H3;1-2H3;2*1H3;/q-1;;2*-1;. The van der Waals surface area contributed by atoms with E-state index < -0.39 is 0 Å². The number of carbonyl (C=O) groups excluding carboxylic acids is 1. The van der Waals surface area contributed by atoms with Gasteiger partial charge in [-0.25, -0.2) is 0 Å². The first-order valence-corrected chi connectivity index (χ1v) is 8.49. The molecule has 26 heavy (non-hydrogen) atoms. The van der Waals surface area contributed by atoms with Crippen LogP contribution >= 0.6 is 0 Å². The van der Waals surface area contributed by atoms with Gasteiger partial charge in [0.2, 0.25) is 0 Å². The third-order valence-electron chi connectivity index (χ3n) is 3.46. The van der Waals surface area contributed by atoms with Crippen LogP contribution in [-0.2, 0) is 6.42 Å². The Labute approximate surface area is 155 Å². The van der Waals surface area contributed by atoms with E-state index in [1.807, 2.05) is 48.5 Å². The first-order chi connectivity index (χ1) is 10.9. The van der Waals surface area contributed by atoms with Gasteiger partial charge in [-0.1, -0.05) is 41.0 Å². The van der Waals surface area contributed by atoms with Crippen LogP contribution in [0.2, 0.25) is 0 Å². The monoisotopic (exact) mass is 614 g/mol. The second kappa shape index (κ2) is 12.5. The molecule has 146 valence electrons. The molecule has 0 aromatic carbocycles. The van der Waals surface area contributed by atoms with Crippen molar-refractivity contribution in [1.29, 1.82) is 0 Å². The maximum atomic E-state index is 12.7. The largest absolute Gasteiger partial charge is 0.489 e. The van der Waals surface area contributed by atoms with E-state index in [0.29, 0.717) is 11.3 Å². The molecule has 1 aliphatic rings. The minimum Gasteiger partial charge on any atom is -0.489 e. The van der Waals surface area contributed by atoms with E-state index in [4.69, 9.17) is 4.74 Å². The summed E-state index contributed by atoms with van der Waals surface area (Å²) in [4.78, 5) is 21.5. The van der Waals surface area contributed by atoms with E-state index in [1.54, 1.807) is 12.4 Å². The summed E-state index contributed by atoms with van der Waals surface area (Å²) in [6.07, 6.45) is 5.04. The normalized spacial score (nSPS) is 11.8.